The van der Waals surface area contributed by atoms with Crippen LogP contribution in [0, 0.1) is 13.8 Å². The third kappa shape index (κ3) is 5.54. The largest absolute Gasteiger partial charge is 0.472 e. The summed E-state index contributed by atoms with van der Waals surface area (Å²) in [5, 5.41) is 4.59. The second-order valence-electron chi connectivity index (χ2n) is 6.11. The van der Waals surface area contributed by atoms with Gasteiger partial charge in [-0.2, -0.15) is 0 Å². The van der Waals surface area contributed by atoms with E-state index in [1.165, 1.54) is 4.88 Å². The number of aryl methyl sites for hydroxylation is 2. The van der Waals surface area contributed by atoms with Crippen molar-refractivity contribution in [2.75, 3.05) is 26.7 Å². The lowest BCUT2D eigenvalue weighted by molar-refractivity contribution is 0.205. The highest BCUT2D eigenvalue weighted by molar-refractivity contribution is 14.0. The van der Waals surface area contributed by atoms with Gasteiger partial charge in [0.1, 0.15) is 6.10 Å². The number of guanidine groups is 1. The molecular weight excluding hydrogens is 461 g/mol. The average molecular weight is 487 g/mol. The van der Waals surface area contributed by atoms with Gasteiger partial charge in [0.15, 0.2) is 5.96 Å². The number of aliphatic imine (C=N–C) groups is 1. The number of nitrogens with one attached hydrogen (secondary N) is 1. The molecule has 0 radical (unpaired) electrons. The Morgan fingerprint density at radius 1 is 1.42 bits per heavy atom. The minimum absolute atomic E-state index is 0. The number of likely N-dealkylation sites (tertiary alicyclic amines) is 1. The molecule has 3 rings (SSSR count). The number of nitrogens with zero attached hydrogens (tertiary/aromatic N) is 4. The standard InChI is InChI=1S/C18H25N5OS.HI/c1-13-16(25-14(2)22-13)7-10-21-18(19-3)23-11-8-15(12-23)24-17-6-4-5-9-20-17;/h4-6,9,15H,7-8,10-12H2,1-3H3,(H,19,21);1H. The molecule has 6 nitrogen and oxygen atoms in total. The van der Waals surface area contributed by atoms with Crippen LogP contribution in [0.5, 0.6) is 5.88 Å². The van der Waals surface area contributed by atoms with Crippen molar-refractivity contribution in [3.63, 3.8) is 0 Å². The number of hydrogen-bond donors (Lipinski definition) is 1. The van der Waals surface area contributed by atoms with Gasteiger partial charge in [0, 0.05) is 50.1 Å². The maximum atomic E-state index is 5.95. The Hall–Kier alpha value is -1.42. The van der Waals surface area contributed by atoms with Crippen LogP contribution in [-0.4, -0.2) is 53.6 Å². The third-order valence-electron chi connectivity index (χ3n) is 4.22. The quantitative estimate of drug-likeness (QED) is 0.399. The van der Waals surface area contributed by atoms with Crippen LogP contribution in [0.15, 0.2) is 29.4 Å². The maximum Gasteiger partial charge on any atom is 0.213 e. The Kier molecular flexibility index (Phi) is 8.08. The van der Waals surface area contributed by atoms with Crippen molar-refractivity contribution in [2.24, 2.45) is 4.99 Å². The molecule has 0 amide bonds. The summed E-state index contributed by atoms with van der Waals surface area (Å²) in [6.07, 6.45) is 3.86. The van der Waals surface area contributed by atoms with Crippen LogP contribution < -0.4 is 10.1 Å². The summed E-state index contributed by atoms with van der Waals surface area (Å²) in [6.45, 7) is 6.76. The van der Waals surface area contributed by atoms with Gasteiger partial charge >= 0.3 is 0 Å². The second kappa shape index (κ2) is 10.1. The molecule has 26 heavy (non-hydrogen) atoms. The number of rotatable bonds is 5. The van der Waals surface area contributed by atoms with E-state index in [9.17, 15) is 0 Å². The summed E-state index contributed by atoms with van der Waals surface area (Å²) < 4.78 is 5.95. The van der Waals surface area contributed by atoms with Crippen LogP contribution >= 0.6 is 35.3 Å². The van der Waals surface area contributed by atoms with E-state index < -0.39 is 0 Å². The van der Waals surface area contributed by atoms with E-state index in [0.29, 0.717) is 5.88 Å². The highest BCUT2D eigenvalue weighted by Gasteiger charge is 2.26. The summed E-state index contributed by atoms with van der Waals surface area (Å²) >= 11 is 1.78. The zero-order valence-corrected chi connectivity index (χ0v) is 18.6. The molecule has 1 unspecified atom stereocenters. The first kappa shape index (κ1) is 20.9. The molecule has 2 aromatic rings. The van der Waals surface area contributed by atoms with Gasteiger partial charge in [-0.3, -0.25) is 4.99 Å². The van der Waals surface area contributed by atoms with Gasteiger partial charge in [-0.15, -0.1) is 35.3 Å². The van der Waals surface area contributed by atoms with E-state index in [2.05, 4.69) is 39.0 Å². The SMILES string of the molecule is CN=C(NCCc1sc(C)nc1C)N1CCC(Oc2ccccn2)C1.I. The van der Waals surface area contributed by atoms with E-state index in [1.54, 1.807) is 17.5 Å². The second-order valence-corrected chi connectivity index (χ2v) is 7.40. The molecule has 1 aliphatic rings. The minimum Gasteiger partial charge on any atom is -0.472 e. The maximum absolute atomic E-state index is 5.95. The predicted molar refractivity (Wildman–Crippen MR) is 117 cm³/mol. The van der Waals surface area contributed by atoms with Crippen LogP contribution in [0.3, 0.4) is 0 Å². The van der Waals surface area contributed by atoms with Crippen LogP contribution in [-0.2, 0) is 6.42 Å². The molecule has 2 aromatic heterocycles. The number of thiazole rings is 1. The zero-order valence-electron chi connectivity index (χ0n) is 15.4. The summed E-state index contributed by atoms with van der Waals surface area (Å²) in [6, 6.07) is 5.74. The van der Waals surface area contributed by atoms with Crippen molar-refractivity contribution in [1.29, 1.82) is 0 Å². The first-order valence-electron chi connectivity index (χ1n) is 8.62. The van der Waals surface area contributed by atoms with Crippen molar-refractivity contribution in [1.82, 2.24) is 20.2 Å². The summed E-state index contributed by atoms with van der Waals surface area (Å²) in [4.78, 5) is 16.7. The Morgan fingerprint density at radius 3 is 2.92 bits per heavy atom. The summed E-state index contributed by atoms with van der Waals surface area (Å²) in [5.74, 6) is 1.62. The Balaban J connectivity index is 0.00000243. The Morgan fingerprint density at radius 2 is 2.27 bits per heavy atom. The van der Waals surface area contributed by atoms with Crippen molar-refractivity contribution in [2.45, 2.75) is 32.8 Å². The molecule has 0 bridgehead atoms. The molecule has 3 heterocycles. The van der Waals surface area contributed by atoms with Crippen LogP contribution in [0.4, 0.5) is 0 Å². The molecule has 0 spiro atoms. The molecule has 1 N–H and O–H groups in total. The van der Waals surface area contributed by atoms with E-state index in [0.717, 1.165) is 49.1 Å². The molecule has 1 aliphatic heterocycles. The first-order valence-corrected chi connectivity index (χ1v) is 9.43. The first-order chi connectivity index (χ1) is 12.2. The van der Waals surface area contributed by atoms with Crippen LogP contribution in [0.1, 0.15) is 22.0 Å². The zero-order chi connectivity index (χ0) is 17.6. The Labute approximate surface area is 176 Å². The van der Waals surface area contributed by atoms with Crippen molar-refractivity contribution >= 4 is 41.3 Å². The van der Waals surface area contributed by atoms with Gasteiger partial charge in [0.05, 0.1) is 17.2 Å². The molecule has 8 heteroatoms. The molecule has 1 saturated heterocycles. The van der Waals surface area contributed by atoms with E-state index in [4.69, 9.17) is 4.74 Å². The Bertz CT molecular complexity index is 722. The van der Waals surface area contributed by atoms with Gasteiger partial charge in [0.2, 0.25) is 5.88 Å². The summed E-state index contributed by atoms with van der Waals surface area (Å²) in [7, 11) is 1.83. The lowest BCUT2D eigenvalue weighted by Crippen LogP contribution is -2.41. The van der Waals surface area contributed by atoms with Gasteiger partial charge in [0.25, 0.3) is 0 Å². The monoisotopic (exact) mass is 487 g/mol. The number of ether oxygens (including phenoxy) is 1. The average Bonchev–Trinajstić information content (AvgIpc) is 3.19. The van der Waals surface area contributed by atoms with Crippen molar-refractivity contribution < 1.29 is 4.74 Å². The molecule has 142 valence electrons. The number of hydrogen-bond acceptors (Lipinski definition) is 5. The van der Waals surface area contributed by atoms with Crippen molar-refractivity contribution in [3.8, 4) is 5.88 Å². The van der Waals surface area contributed by atoms with Crippen LogP contribution in [0.25, 0.3) is 0 Å². The lowest BCUT2D eigenvalue weighted by Gasteiger charge is -2.21. The normalized spacial score (nSPS) is 17.1. The highest BCUT2D eigenvalue weighted by atomic mass is 127. The molecule has 0 saturated carbocycles. The molecule has 1 atom stereocenters. The topological polar surface area (TPSA) is 62.6 Å². The summed E-state index contributed by atoms with van der Waals surface area (Å²) in [5.41, 5.74) is 1.14. The number of aromatic nitrogens is 2. The van der Waals surface area contributed by atoms with Gasteiger partial charge < -0.3 is 15.0 Å². The molecule has 0 aromatic carbocycles. The van der Waals surface area contributed by atoms with E-state index >= 15 is 0 Å². The number of pyridine rings is 1. The highest BCUT2D eigenvalue weighted by Crippen LogP contribution is 2.18. The fourth-order valence-electron chi connectivity index (χ4n) is 3.03. The third-order valence-corrected chi connectivity index (χ3v) is 5.35. The lowest BCUT2D eigenvalue weighted by atomic mass is 10.3. The fourth-order valence-corrected chi connectivity index (χ4v) is 3.97. The molecule has 0 aliphatic carbocycles. The molecular formula is C18H26IN5OS. The predicted octanol–water partition coefficient (Wildman–Crippen LogP) is 3.04. The van der Waals surface area contributed by atoms with Gasteiger partial charge in [-0.25, -0.2) is 9.97 Å². The van der Waals surface area contributed by atoms with E-state index in [1.807, 2.05) is 25.2 Å². The minimum atomic E-state index is 0. The van der Waals surface area contributed by atoms with Gasteiger partial charge in [-0.1, -0.05) is 6.07 Å². The van der Waals surface area contributed by atoms with Crippen molar-refractivity contribution in [3.05, 3.63) is 40.0 Å². The van der Waals surface area contributed by atoms with Gasteiger partial charge in [-0.05, 0) is 19.9 Å². The van der Waals surface area contributed by atoms with Crippen LogP contribution in [0.2, 0.25) is 0 Å². The molecule has 1 fully saturated rings. The fraction of sp³-hybridized carbons (Fsp3) is 0.500. The smallest absolute Gasteiger partial charge is 0.213 e. The van der Waals surface area contributed by atoms with E-state index in [-0.39, 0.29) is 30.1 Å². The number of halogens is 1.